The monoisotopic (exact) mass is 549 g/mol. The van der Waals surface area contributed by atoms with E-state index in [1.54, 1.807) is 0 Å². The van der Waals surface area contributed by atoms with Crippen molar-refractivity contribution in [2.24, 2.45) is 4.99 Å². The van der Waals surface area contributed by atoms with Crippen molar-refractivity contribution < 1.29 is 4.74 Å². The first-order chi connectivity index (χ1) is 15.3. The van der Waals surface area contributed by atoms with Gasteiger partial charge in [-0.05, 0) is 57.2 Å². The van der Waals surface area contributed by atoms with Crippen LogP contribution in [0.3, 0.4) is 0 Å². The quantitative estimate of drug-likeness (QED) is 0.291. The van der Waals surface area contributed by atoms with Gasteiger partial charge in [0, 0.05) is 44.0 Å². The summed E-state index contributed by atoms with van der Waals surface area (Å²) < 4.78 is 6.16. The number of nitrogens with one attached hydrogen (secondary N) is 2. The average Bonchev–Trinajstić information content (AvgIpc) is 2.77. The maximum absolute atomic E-state index is 6.16. The van der Waals surface area contributed by atoms with Gasteiger partial charge in [0.25, 0.3) is 0 Å². The van der Waals surface area contributed by atoms with Crippen LogP contribution in [-0.4, -0.2) is 47.6 Å². The topological polar surface area (TPSA) is 61.8 Å². The van der Waals surface area contributed by atoms with Gasteiger partial charge in [-0.25, -0.2) is 4.99 Å². The molecule has 2 N–H and O–H groups in total. The number of guanidine groups is 1. The summed E-state index contributed by atoms with van der Waals surface area (Å²) in [6, 6.07) is 14.9. The number of aromatic nitrogens is 1. The number of pyridine rings is 1. The van der Waals surface area contributed by atoms with Crippen LogP contribution in [-0.2, 0) is 13.1 Å². The molecule has 1 aliphatic carbocycles. The molecule has 2 aromatic rings. The zero-order valence-electron chi connectivity index (χ0n) is 19.0. The molecule has 1 aliphatic heterocycles. The first kappa shape index (κ1) is 24.8. The Kier molecular flexibility index (Phi) is 10.1. The molecule has 1 aromatic carbocycles. The van der Waals surface area contributed by atoms with E-state index < -0.39 is 0 Å². The van der Waals surface area contributed by atoms with Gasteiger partial charge < -0.3 is 15.4 Å². The smallest absolute Gasteiger partial charge is 0.191 e. The Morgan fingerprint density at radius 3 is 2.56 bits per heavy atom. The first-order valence-corrected chi connectivity index (χ1v) is 11.7. The Hall–Kier alpha value is -1.87. The lowest BCUT2D eigenvalue weighted by Crippen LogP contribution is -2.48. The molecule has 6 nitrogen and oxygen atoms in total. The molecule has 32 heavy (non-hydrogen) atoms. The molecule has 0 atom stereocenters. The summed E-state index contributed by atoms with van der Waals surface area (Å²) in [5.74, 6) is 1.87. The van der Waals surface area contributed by atoms with Gasteiger partial charge in [-0.1, -0.05) is 24.3 Å². The van der Waals surface area contributed by atoms with Crippen molar-refractivity contribution in [3.8, 4) is 5.75 Å². The van der Waals surface area contributed by atoms with Gasteiger partial charge in [0.1, 0.15) is 5.75 Å². The van der Waals surface area contributed by atoms with E-state index in [9.17, 15) is 0 Å². The maximum Gasteiger partial charge on any atom is 0.191 e. The minimum atomic E-state index is 0. The normalized spacial score (nSPS) is 17.8. The van der Waals surface area contributed by atoms with Crippen LogP contribution in [0, 0.1) is 0 Å². The van der Waals surface area contributed by atoms with E-state index in [-0.39, 0.29) is 24.0 Å². The lowest BCUT2D eigenvalue weighted by atomic mass is 9.96. The van der Waals surface area contributed by atoms with E-state index in [0.29, 0.717) is 18.7 Å². The Morgan fingerprint density at radius 2 is 1.88 bits per heavy atom. The summed E-state index contributed by atoms with van der Waals surface area (Å²) in [6.45, 7) is 6.67. The minimum Gasteiger partial charge on any atom is -0.490 e. The van der Waals surface area contributed by atoms with Gasteiger partial charge >= 0.3 is 0 Å². The van der Waals surface area contributed by atoms with Gasteiger partial charge in [0.05, 0.1) is 18.3 Å². The van der Waals surface area contributed by atoms with Crippen LogP contribution < -0.4 is 15.4 Å². The van der Waals surface area contributed by atoms with Gasteiger partial charge in [-0.2, -0.15) is 0 Å². The molecule has 4 rings (SSSR count). The number of aliphatic imine (C=N–C) groups is 1. The minimum absolute atomic E-state index is 0. The number of rotatable bonds is 8. The second-order valence-corrected chi connectivity index (χ2v) is 8.49. The van der Waals surface area contributed by atoms with E-state index in [1.807, 2.05) is 18.3 Å². The number of para-hydroxylation sites is 1. The highest BCUT2D eigenvalue weighted by Gasteiger charge is 2.21. The molecule has 1 aromatic heterocycles. The van der Waals surface area contributed by atoms with E-state index in [1.165, 1.54) is 19.3 Å². The van der Waals surface area contributed by atoms with Crippen LogP contribution >= 0.6 is 24.0 Å². The lowest BCUT2D eigenvalue weighted by Gasteiger charge is -2.32. The van der Waals surface area contributed by atoms with Gasteiger partial charge in [-0.15, -0.1) is 24.0 Å². The zero-order chi connectivity index (χ0) is 21.3. The average molecular weight is 550 g/mol. The summed E-state index contributed by atoms with van der Waals surface area (Å²) in [5.41, 5.74) is 2.29. The molecule has 2 fully saturated rings. The van der Waals surface area contributed by atoms with Crippen molar-refractivity contribution in [2.75, 3.05) is 19.6 Å². The highest BCUT2D eigenvalue weighted by atomic mass is 127. The fourth-order valence-electron chi connectivity index (χ4n) is 4.05. The van der Waals surface area contributed by atoms with Crippen LogP contribution in [0.25, 0.3) is 0 Å². The highest BCUT2D eigenvalue weighted by Crippen LogP contribution is 2.28. The molecule has 0 unspecified atom stereocenters. The lowest BCUT2D eigenvalue weighted by molar-refractivity contribution is 0.119. The predicted octanol–water partition coefficient (Wildman–Crippen LogP) is 4.35. The molecule has 174 valence electrons. The Labute approximate surface area is 209 Å². The molecule has 0 amide bonds. The number of halogens is 1. The zero-order valence-corrected chi connectivity index (χ0v) is 21.3. The van der Waals surface area contributed by atoms with E-state index in [0.717, 1.165) is 62.0 Å². The van der Waals surface area contributed by atoms with Crippen molar-refractivity contribution in [1.82, 2.24) is 20.5 Å². The molecule has 0 radical (unpaired) electrons. The largest absolute Gasteiger partial charge is 0.490 e. The number of piperidine rings is 1. The number of benzene rings is 1. The van der Waals surface area contributed by atoms with Crippen LogP contribution in [0.2, 0.25) is 0 Å². The van der Waals surface area contributed by atoms with E-state index in [4.69, 9.17) is 9.73 Å². The fraction of sp³-hybridized carbons (Fsp3) is 0.520. The summed E-state index contributed by atoms with van der Waals surface area (Å²) in [5, 5.41) is 7.06. The number of likely N-dealkylation sites (tertiary alicyclic amines) is 1. The maximum atomic E-state index is 6.16. The van der Waals surface area contributed by atoms with E-state index in [2.05, 4.69) is 57.8 Å². The van der Waals surface area contributed by atoms with Crippen molar-refractivity contribution >= 4 is 29.9 Å². The van der Waals surface area contributed by atoms with Crippen molar-refractivity contribution in [3.05, 3.63) is 59.9 Å². The summed E-state index contributed by atoms with van der Waals surface area (Å²) in [6.07, 6.45) is 8.09. The van der Waals surface area contributed by atoms with Crippen molar-refractivity contribution in [1.29, 1.82) is 0 Å². The molecule has 1 saturated carbocycles. The third kappa shape index (κ3) is 7.33. The third-order valence-corrected chi connectivity index (χ3v) is 6.11. The second-order valence-electron chi connectivity index (χ2n) is 8.49. The number of ether oxygens (including phenoxy) is 1. The molecule has 1 saturated heterocycles. The summed E-state index contributed by atoms with van der Waals surface area (Å²) >= 11 is 0. The third-order valence-electron chi connectivity index (χ3n) is 6.11. The fourth-order valence-corrected chi connectivity index (χ4v) is 4.05. The van der Waals surface area contributed by atoms with Crippen LogP contribution in [0.5, 0.6) is 5.75 Å². The Bertz CT molecular complexity index is 835. The summed E-state index contributed by atoms with van der Waals surface area (Å²) in [7, 11) is 0. The van der Waals surface area contributed by atoms with E-state index >= 15 is 0 Å². The second kappa shape index (κ2) is 13.0. The standard InChI is InChI=1S/C25H35N5O.HI/c1-2-26-25(28-18-20-8-3-4-12-24(20)31-23-10-7-11-23)29-21-13-16-30(17-14-21)19-22-9-5-6-15-27-22;/h3-6,8-9,12,15,21,23H,2,7,10-11,13-14,16-19H2,1H3,(H2,26,28,29);1H. The summed E-state index contributed by atoms with van der Waals surface area (Å²) in [4.78, 5) is 11.8. The molecule has 7 heteroatoms. The van der Waals surface area contributed by atoms with Crippen LogP contribution in [0.1, 0.15) is 50.3 Å². The molecule has 0 spiro atoms. The first-order valence-electron chi connectivity index (χ1n) is 11.7. The molecule has 2 aliphatic rings. The van der Waals surface area contributed by atoms with Crippen molar-refractivity contribution in [2.45, 2.75) is 64.3 Å². The number of hydrogen-bond donors (Lipinski definition) is 2. The number of nitrogens with zero attached hydrogens (tertiary/aromatic N) is 3. The number of hydrogen-bond acceptors (Lipinski definition) is 4. The molecular weight excluding hydrogens is 513 g/mol. The van der Waals surface area contributed by atoms with Gasteiger partial charge in [-0.3, -0.25) is 9.88 Å². The van der Waals surface area contributed by atoms with Crippen LogP contribution in [0.4, 0.5) is 0 Å². The Morgan fingerprint density at radius 1 is 1.09 bits per heavy atom. The van der Waals surface area contributed by atoms with Crippen molar-refractivity contribution in [3.63, 3.8) is 0 Å². The highest BCUT2D eigenvalue weighted by molar-refractivity contribution is 14.0. The van der Waals surface area contributed by atoms with Gasteiger partial charge in [0.2, 0.25) is 0 Å². The van der Waals surface area contributed by atoms with Gasteiger partial charge in [0.15, 0.2) is 5.96 Å². The Balaban J connectivity index is 0.00000289. The molecule has 2 heterocycles. The SMILES string of the molecule is CCNC(=NCc1ccccc1OC1CCC1)NC1CCN(Cc2ccccn2)CC1.I. The molecular formula is C25H36IN5O. The predicted molar refractivity (Wildman–Crippen MR) is 141 cm³/mol. The molecule has 0 bridgehead atoms. The van der Waals surface area contributed by atoms with Crippen LogP contribution in [0.15, 0.2) is 53.7 Å².